The quantitative estimate of drug-likeness (QED) is 0.703. The van der Waals surface area contributed by atoms with E-state index in [2.05, 4.69) is 10.1 Å². The van der Waals surface area contributed by atoms with Crippen LogP contribution in [0.1, 0.15) is 12.1 Å². The monoisotopic (exact) mass is 352 g/mol. The van der Waals surface area contributed by atoms with Crippen molar-refractivity contribution in [3.8, 4) is 16.9 Å². The molecule has 7 heteroatoms. The van der Waals surface area contributed by atoms with Crippen LogP contribution in [-0.4, -0.2) is 46.7 Å². The SMILES string of the molecule is COCC1(c2cccc(-c3cnn(-c4cccnc4)c3)n2)OCCCO1. The Labute approximate surface area is 151 Å². The molecule has 0 aliphatic carbocycles. The van der Waals surface area contributed by atoms with Crippen molar-refractivity contribution in [3.05, 3.63) is 60.8 Å². The summed E-state index contributed by atoms with van der Waals surface area (Å²) in [5, 5.41) is 4.41. The fourth-order valence-corrected chi connectivity index (χ4v) is 2.96. The highest BCUT2D eigenvalue weighted by Crippen LogP contribution is 2.31. The summed E-state index contributed by atoms with van der Waals surface area (Å²) in [7, 11) is 1.63. The van der Waals surface area contributed by atoms with E-state index in [1.165, 1.54) is 0 Å². The topological polar surface area (TPSA) is 71.3 Å². The number of hydrogen-bond donors (Lipinski definition) is 0. The van der Waals surface area contributed by atoms with Gasteiger partial charge < -0.3 is 14.2 Å². The zero-order valence-electron chi connectivity index (χ0n) is 14.5. The lowest BCUT2D eigenvalue weighted by molar-refractivity contribution is -0.296. The van der Waals surface area contributed by atoms with Gasteiger partial charge in [-0.3, -0.25) is 4.98 Å². The van der Waals surface area contributed by atoms with E-state index in [4.69, 9.17) is 19.2 Å². The summed E-state index contributed by atoms with van der Waals surface area (Å²) >= 11 is 0. The van der Waals surface area contributed by atoms with Crippen LogP contribution in [0.3, 0.4) is 0 Å². The first kappa shape index (κ1) is 16.8. The van der Waals surface area contributed by atoms with Crippen molar-refractivity contribution in [2.75, 3.05) is 26.9 Å². The number of methoxy groups -OCH3 is 1. The molecule has 0 spiro atoms. The number of ether oxygens (including phenoxy) is 3. The minimum absolute atomic E-state index is 0.290. The van der Waals surface area contributed by atoms with Crippen LogP contribution in [-0.2, 0) is 20.0 Å². The standard InChI is InChI=1S/C19H20N4O3/c1-24-14-19(25-9-4-10-26-19)18-7-2-6-17(22-18)15-11-21-23(13-15)16-5-3-8-20-12-16/h2-3,5-8,11-13H,4,9-10,14H2,1H3. The summed E-state index contributed by atoms with van der Waals surface area (Å²) < 4.78 is 18.9. The van der Waals surface area contributed by atoms with E-state index in [-0.39, 0.29) is 0 Å². The highest BCUT2D eigenvalue weighted by molar-refractivity contribution is 5.58. The lowest BCUT2D eigenvalue weighted by Crippen LogP contribution is -2.42. The number of nitrogens with zero attached hydrogens (tertiary/aromatic N) is 4. The maximum absolute atomic E-state index is 5.92. The Morgan fingerprint density at radius 1 is 1.15 bits per heavy atom. The third-order valence-corrected chi connectivity index (χ3v) is 4.22. The first-order valence-electron chi connectivity index (χ1n) is 8.51. The van der Waals surface area contributed by atoms with Crippen LogP contribution in [0.15, 0.2) is 55.1 Å². The second kappa shape index (κ2) is 7.33. The van der Waals surface area contributed by atoms with Crippen LogP contribution in [0.2, 0.25) is 0 Å². The molecule has 3 aromatic rings. The van der Waals surface area contributed by atoms with E-state index < -0.39 is 5.79 Å². The van der Waals surface area contributed by atoms with Crippen molar-refractivity contribution in [2.45, 2.75) is 12.2 Å². The molecular formula is C19H20N4O3. The average molecular weight is 352 g/mol. The van der Waals surface area contributed by atoms with Crippen LogP contribution in [0, 0.1) is 0 Å². The number of rotatable bonds is 5. The summed E-state index contributed by atoms with van der Waals surface area (Å²) in [5.74, 6) is -0.956. The van der Waals surface area contributed by atoms with Gasteiger partial charge >= 0.3 is 0 Å². The molecule has 1 aliphatic heterocycles. The molecule has 1 saturated heterocycles. The third kappa shape index (κ3) is 3.24. The molecule has 0 saturated carbocycles. The Kier molecular flexibility index (Phi) is 4.75. The molecule has 0 radical (unpaired) electrons. The first-order valence-corrected chi connectivity index (χ1v) is 8.51. The van der Waals surface area contributed by atoms with Gasteiger partial charge in [0.2, 0.25) is 5.79 Å². The third-order valence-electron chi connectivity index (χ3n) is 4.22. The number of aromatic nitrogens is 4. The lowest BCUT2D eigenvalue weighted by atomic mass is 10.1. The van der Waals surface area contributed by atoms with Crippen molar-refractivity contribution in [3.63, 3.8) is 0 Å². The van der Waals surface area contributed by atoms with Gasteiger partial charge in [-0.1, -0.05) is 6.07 Å². The van der Waals surface area contributed by atoms with Gasteiger partial charge in [0.25, 0.3) is 0 Å². The molecule has 1 fully saturated rings. The molecule has 3 aromatic heterocycles. The molecular weight excluding hydrogens is 332 g/mol. The van der Waals surface area contributed by atoms with Crippen LogP contribution >= 0.6 is 0 Å². The largest absolute Gasteiger partial charge is 0.379 e. The van der Waals surface area contributed by atoms with Gasteiger partial charge in [0.1, 0.15) is 12.3 Å². The van der Waals surface area contributed by atoms with E-state index in [0.29, 0.717) is 25.5 Å². The summed E-state index contributed by atoms with van der Waals surface area (Å²) in [6, 6.07) is 9.61. The predicted molar refractivity (Wildman–Crippen MR) is 94.7 cm³/mol. The van der Waals surface area contributed by atoms with Gasteiger partial charge in [0.15, 0.2) is 0 Å². The Bertz CT molecular complexity index is 854. The number of pyridine rings is 2. The van der Waals surface area contributed by atoms with Gasteiger partial charge in [-0.2, -0.15) is 5.10 Å². The summed E-state index contributed by atoms with van der Waals surface area (Å²) in [4.78, 5) is 8.89. The first-order chi connectivity index (χ1) is 12.8. The maximum Gasteiger partial charge on any atom is 0.236 e. The van der Waals surface area contributed by atoms with Gasteiger partial charge in [-0.05, 0) is 30.7 Å². The smallest absolute Gasteiger partial charge is 0.236 e. The minimum atomic E-state index is -0.956. The minimum Gasteiger partial charge on any atom is -0.379 e. The molecule has 0 unspecified atom stereocenters. The van der Waals surface area contributed by atoms with Crippen molar-refractivity contribution < 1.29 is 14.2 Å². The van der Waals surface area contributed by atoms with Gasteiger partial charge in [-0.25, -0.2) is 9.67 Å². The number of hydrogen-bond acceptors (Lipinski definition) is 6. The average Bonchev–Trinajstić information content (AvgIpc) is 3.20. The van der Waals surface area contributed by atoms with Crippen LogP contribution < -0.4 is 0 Å². The predicted octanol–water partition coefficient (Wildman–Crippen LogP) is 2.57. The fourth-order valence-electron chi connectivity index (χ4n) is 2.96. The molecule has 4 heterocycles. The molecule has 7 nitrogen and oxygen atoms in total. The maximum atomic E-state index is 5.92. The molecule has 1 aliphatic rings. The molecule has 0 aromatic carbocycles. The van der Waals surface area contributed by atoms with E-state index in [1.54, 1.807) is 30.4 Å². The van der Waals surface area contributed by atoms with Crippen molar-refractivity contribution >= 4 is 0 Å². The van der Waals surface area contributed by atoms with Crippen LogP contribution in [0.5, 0.6) is 0 Å². The highest BCUT2D eigenvalue weighted by Gasteiger charge is 2.38. The summed E-state index contributed by atoms with van der Waals surface area (Å²) in [6.07, 6.45) is 8.07. The zero-order chi connectivity index (χ0) is 17.8. The van der Waals surface area contributed by atoms with Gasteiger partial charge in [-0.15, -0.1) is 0 Å². The summed E-state index contributed by atoms with van der Waals surface area (Å²) in [6.45, 7) is 1.53. The molecule has 134 valence electrons. The van der Waals surface area contributed by atoms with Gasteiger partial charge in [0, 0.05) is 25.1 Å². The highest BCUT2D eigenvalue weighted by atomic mass is 16.7. The Morgan fingerprint density at radius 3 is 2.81 bits per heavy atom. The Hall–Kier alpha value is -2.61. The lowest BCUT2D eigenvalue weighted by Gasteiger charge is -2.36. The second-order valence-electron chi connectivity index (χ2n) is 6.03. The molecule has 0 bridgehead atoms. The normalized spacial score (nSPS) is 16.5. The molecule has 0 N–H and O–H groups in total. The Balaban J connectivity index is 1.67. The van der Waals surface area contributed by atoms with E-state index in [9.17, 15) is 0 Å². The second-order valence-corrected chi connectivity index (χ2v) is 6.03. The van der Waals surface area contributed by atoms with E-state index >= 15 is 0 Å². The zero-order valence-corrected chi connectivity index (χ0v) is 14.5. The van der Waals surface area contributed by atoms with Crippen LogP contribution in [0.25, 0.3) is 16.9 Å². The molecule has 0 atom stereocenters. The fraction of sp³-hybridized carbons (Fsp3) is 0.316. The Morgan fingerprint density at radius 2 is 2.04 bits per heavy atom. The molecule has 4 rings (SSSR count). The van der Waals surface area contributed by atoms with Crippen molar-refractivity contribution in [1.82, 2.24) is 19.7 Å². The molecule has 0 amide bonds. The van der Waals surface area contributed by atoms with E-state index in [1.807, 2.05) is 36.5 Å². The van der Waals surface area contributed by atoms with Gasteiger partial charge in [0.05, 0.1) is 37.0 Å². The van der Waals surface area contributed by atoms with Crippen molar-refractivity contribution in [2.24, 2.45) is 0 Å². The van der Waals surface area contributed by atoms with Crippen LogP contribution in [0.4, 0.5) is 0 Å². The summed E-state index contributed by atoms with van der Waals surface area (Å²) in [5.41, 5.74) is 3.29. The molecule has 26 heavy (non-hydrogen) atoms. The van der Waals surface area contributed by atoms with E-state index in [0.717, 1.165) is 23.4 Å². The van der Waals surface area contributed by atoms with Crippen molar-refractivity contribution in [1.29, 1.82) is 0 Å².